The maximum Gasteiger partial charge on any atom is 0.134 e. The van der Waals surface area contributed by atoms with Crippen molar-refractivity contribution in [2.45, 2.75) is 52.4 Å². The molecule has 0 radical (unpaired) electrons. The van der Waals surface area contributed by atoms with Crippen LogP contribution in [0.4, 0.5) is 11.6 Å². The highest BCUT2D eigenvalue weighted by atomic mass is 15.1. The van der Waals surface area contributed by atoms with E-state index in [0.717, 1.165) is 43.5 Å². The van der Waals surface area contributed by atoms with Gasteiger partial charge in [-0.2, -0.15) is 0 Å². The van der Waals surface area contributed by atoms with Crippen molar-refractivity contribution in [3.05, 3.63) is 11.9 Å². The SMILES string of the molecule is CCCNc1ncnc(NCCCC2CC2)c1CC. The van der Waals surface area contributed by atoms with Gasteiger partial charge >= 0.3 is 0 Å². The van der Waals surface area contributed by atoms with Crippen LogP contribution < -0.4 is 10.6 Å². The molecule has 0 aromatic carbocycles. The zero-order valence-corrected chi connectivity index (χ0v) is 12.2. The maximum atomic E-state index is 4.39. The zero-order chi connectivity index (χ0) is 13.5. The Labute approximate surface area is 116 Å². The Hall–Kier alpha value is -1.32. The van der Waals surface area contributed by atoms with Crippen LogP contribution in [-0.4, -0.2) is 23.1 Å². The van der Waals surface area contributed by atoms with E-state index in [-0.39, 0.29) is 0 Å². The number of rotatable bonds is 9. The van der Waals surface area contributed by atoms with Gasteiger partial charge in [0.05, 0.1) is 0 Å². The van der Waals surface area contributed by atoms with Gasteiger partial charge in [0.1, 0.15) is 18.0 Å². The smallest absolute Gasteiger partial charge is 0.134 e. The highest BCUT2D eigenvalue weighted by Crippen LogP contribution is 2.33. The minimum atomic E-state index is 0.956. The zero-order valence-electron chi connectivity index (χ0n) is 12.2. The minimum Gasteiger partial charge on any atom is -0.370 e. The molecule has 1 aliphatic carbocycles. The van der Waals surface area contributed by atoms with E-state index in [1.807, 2.05) is 0 Å². The number of nitrogens with zero attached hydrogens (tertiary/aromatic N) is 2. The van der Waals surface area contributed by atoms with E-state index in [0.29, 0.717) is 0 Å². The molecule has 1 heterocycles. The van der Waals surface area contributed by atoms with Crippen LogP contribution in [0.15, 0.2) is 6.33 Å². The van der Waals surface area contributed by atoms with Crippen LogP contribution in [0.2, 0.25) is 0 Å². The second-order valence-corrected chi connectivity index (χ2v) is 5.34. The molecule has 1 aliphatic rings. The molecular weight excluding hydrogens is 236 g/mol. The van der Waals surface area contributed by atoms with Crippen molar-refractivity contribution < 1.29 is 0 Å². The predicted octanol–water partition coefficient (Wildman–Crippen LogP) is 3.46. The molecule has 19 heavy (non-hydrogen) atoms. The number of hydrogen-bond donors (Lipinski definition) is 2. The van der Waals surface area contributed by atoms with Gasteiger partial charge in [-0.1, -0.05) is 26.7 Å². The van der Waals surface area contributed by atoms with Crippen LogP contribution in [0.25, 0.3) is 0 Å². The molecule has 0 aliphatic heterocycles. The molecule has 1 saturated carbocycles. The molecule has 106 valence electrons. The van der Waals surface area contributed by atoms with Gasteiger partial charge in [-0.3, -0.25) is 0 Å². The van der Waals surface area contributed by atoms with Gasteiger partial charge in [0.25, 0.3) is 0 Å². The van der Waals surface area contributed by atoms with E-state index in [9.17, 15) is 0 Å². The van der Waals surface area contributed by atoms with E-state index in [1.165, 1.54) is 31.2 Å². The quantitative estimate of drug-likeness (QED) is 0.669. The summed E-state index contributed by atoms with van der Waals surface area (Å²) in [6.07, 6.45) is 9.21. The van der Waals surface area contributed by atoms with Crippen molar-refractivity contribution in [1.29, 1.82) is 0 Å². The van der Waals surface area contributed by atoms with Gasteiger partial charge in [0.15, 0.2) is 0 Å². The van der Waals surface area contributed by atoms with E-state index in [2.05, 4.69) is 34.4 Å². The van der Waals surface area contributed by atoms with Crippen molar-refractivity contribution in [3.63, 3.8) is 0 Å². The minimum absolute atomic E-state index is 0.956. The standard InChI is InChI=1S/C15H26N4/c1-3-9-16-14-13(4-2)15(19-11-18-14)17-10-5-6-12-7-8-12/h11-12H,3-10H2,1-2H3,(H2,16,17,18,19). The monoisotopic (exact) mass is 262 g/mol. The van der Waals surface area contributed by atoms with Crippen molar-refractivity contribution in [1.82, 2.24) is 9.97 Å². The highest BCUT2D eigenvalue weighted by Gasteiger charge is 2.20. The molecule has 0 atom stereocenters. The first-order valence-corrected chi connectivity index (χ1v) is 7.66. The molecule has 4 nitrogen and oxygen atoms in total. The summed E-state index contributed by atoms with van der Waals surface area (Å²) in [5.41, 5.74) is 1.21. The van der Waals surface area contributed by atoms with Gasteiger partial charge in [0, 0.05) is 18.7 Å². The Kier molecular flexibility index (Phi) is 5.43. The largest absolute Gasteiger partial charge is 0.370 e. The summed E-state index contributed by atoms with van der Waals surface area (Å²) in [4.78, 5) is 8.74. The second kappa shape index (κ2) is 7.31. The maximum absolute atomic E-state index is 4.39. The fraction of sp³-hybridized carbons (Fsp3) is 0.733. The van der Waals surface area contributed by atoms with Crippen LogP contribution >= 0.6 is 0 Å². The Morgan fingerprint density at radius 3 is 2.37 bits per heavy atom. The van der Waals surface area contributed by atoms with E-state index >= 15 is 0 Å². The van der Waals surface area contributed by atoms with Crippen LogP contribution in [0.3, 0.4) is 0 Å². The first kappa shape index (κ1) is 14.1. The van der Waals surface area contributed by atoms with Gasteiger partial charge in [0.2, 0.25) is 0 Å². The summed E-state index contributed by atoms with van der Waals surface area (Å²) in [6, 6.07) is 0. The fourth-order valence-electron chi connectivity index (χ4n) is 2.30. The topological polar surface area (TPSA) is 49.8 Å². The molecular formula is C15H26N4. The van der Waals surface area contributed by atoms with E-state index in [1.54, 1.807) is 6.33 Å². The molecule has 0 spiro atoms. The second-order valence-electron chi connectivity index (χ2n) is 5.34. The van der Waals surface area contributed by atoms with Gasteiger partial charge in [-0.25, -0.2) is 9.97 Å². The van der Waals surface area contributed by atoms with E-state index in [4.69, 9.17) is 0 Å². The summed E-state index contributed by atoms with van der Waals surface area (Å²) < 4.78 is 0. The lowest BCUT2D eigenvalue weighted by Crippen LogP contribution is -2.11. The number of aromatic nitrogens is 2. The lowest BCUT2D eigenvalue weighted by molar-refractivity contribution is 0.686. The number of hydrogen-bond acceptors (Lipinski definition) is 4. The summed E-state index contributed by atoms with van der Waals surface area (Å²) in [7, 11) is 0. The fourth-order valence-corrected chi connectivity index (χ4v) is 2.30. The number of anilines is 2. The number of nitrogens with one attached hydrogen (secondary N) is 2. The average Bonchev–Trinajstić information content (AvgIpc) is 3.25. The Bertz CT molecular complexity index is 388. The molecule has 2 rings (SSSR count). The first-order chi connectivity index (χ1) is 9.35. The highest BCUT2D eigenvalue weighted by molar-refractivity contribution is 5.57. The predicted molar refractivity (Wildman–Crippen MR) is 80.6 cm³/mol. The lowest BCUT2D eigenvalue weighted by Gasteiger charge is -2.14. The van der Waals surface area contributed by atoms with Gasteiger partial charge in [-0.15, -0.1) is 0 Å². The summed E-state index contributed by atoms with van der Waals surface area (Å²) >= 11 is 0. The van der Waals surface area contributed by atoms with Gasteiger partial charge < -0.3 is 10.6 Å². The van der Waals surface area contributed by atoms with Crippen molar-refractivity contribution in [3.8, 4) is 0 Å². The summed E-state index contributed by atoms with van der Waals surface area (Å²) in [5, 5.41) is 6.85. The van der Waals surface area contributed by atoms with Crippen molar-refractivity contribution in [2.75, 3.05) is 23.7 Å². The lowest BCUT2D eigenvalue weighted by atomic mass is 10.2. The Morgan fingerprint density at radius 1 is 1.11 bits per heavy atom. The molecule has 0 amide bonds. The molecule has 2 N–H and O–H groups in total. The summed E-state index contributed by atoms with van der Waals surface area (Å²) in [5.74, 6) is 3.01. The molecule has 1 aromatic heterocycles. The third-order valence-corrected chi connectivity index (χ3v) is 3.62. The van der Waals surface area contributed by atoms with Crippen molar-refractivity contribution in [2.24, 2.45) is 5.92 Å². The summed E-state index contributed by atoms with van der Waals surface area (Å²) in [6.45, 7) is 6.31. The van der Waals surface area contributed by atoms with E-state index < -0.39 is 0 Å². The normalized spacial score (nSPS) is 14.4. The first-order valence-electron chi connectivity index (χ1n) is 7.66. The third-order valence-electron chi connectivity index (χ3n) is 3.62. The Balaban J connectivity index is 1.89. The van der Waals surface area contributed by atoms with Crippen LogP contribution in [0, 0.1) is 5.92 Å². The molecule has 1 aromatic rings. The molecule has 1 fully saturated rings. The molecule has 0 unspecified atom stereocenters. The third kappa shape index (κ3) is 4.37. The molecule has 0 saturated heterocycles. The van der Waals surface area contributed by atoms with Crippen LogP contribution in [0.5, 0.6) is 0 Å². The molecule has 4 heteroatoms. The van der Waals surface area contributed by atoms with Crippen LogP contribution in [0.1, 0.15) is 51.5 Å². The Morgan fingerprint density at radius 2 is 1.79 bits per heavy atom. The van der Waals surface area contributed by atoms with Crippen LogP contribution in [-0.2, 0) is 6.42 Å². The average molecular weight is 262 g/mol. The van der Waals surface area contributed by atoms with Crippen molar-refractivity contribution >= 4 is 11.6 Å². The molecule has 0 bridgehead atoms. The van der Waals surface area contributed by atoms with Gasteiger partial charge in [-0.05, 0) is 31.6 Å².